The van der Waals surface area contributed by atoms with Crippen LogP contribution in [-0.2, 0) is 23.9 Å². The molecule has 3 fully saturated rings. The third kappa shape index (κ3) is 5.69. The van der Waals surface area contributed by atoms with E-state index in [4.69, 9.17) is 9.47 Å². The van der Waals surface area contributed by atoms with Crippen molar-refractivity contribution in [1.82, 2.24) is 4.90 Å². The van der Waals surface area contributed by atoms with Gasteiger partial charge in [-0.2, -0.15) is 0 Å². The lowest BCUT2D eigenvalue weighted by atomic mass is 9.65. The van der Waals surface area contributed by atoms with Crippen LogP contribution < -0.4 is 9.80 Å². The van der Waals surface area contributed by atoms with Gasteiger partial charge in [-0.05, 0) is 76.1 Å². The second kappa shape index (κ2) is 13.9. The molecule has 0 saturated carbocycles. The monoisotopic (exact) mass is 609 g/mol. The van der Waals surface area contributed by atoms with Gasteiger partial charge >= 0.3 is 5.97 Å². The molecule has 2 unspecified atom stereocenters. The Labute approximate surface area is 262 Å². The molecule has 0 aromatic heterocycles. The lowest BCUT2D eigenvalue weighted by molar-refractivity contribution is -0.162. The molecule has 2 bridgehead atoms. The number of likely N-dealkylation sites (tertiary alicyclic amines) is 1. The molecule has 2 amide bonds. The van der Waals surface area contributed by atoms with Gasteiger partial charge in [0.1, 0.15) is 17.6 Å². The molecule has 9 heteroatoms. The molecule has 44 heavy (non-hydrogen) atoms. The Morgan fingerprint density at radius 1 is 1.11 bits per heavy atom. The van der Waals surface area contributed by atoms with Crippen molar-refractivity contribution in [3.63, 3.8) is 0 Å². The third-order valence-corrected chi connectivity index (χ3v) is 9.89. The van der Waals surface area contributed by atoms with E-state index in [1.165, 1.54) is 0 Å². The molecule has 1 spiro atoms. The quantitative estimate of drug-likeness (QED) is 0.164. The fourth-order valence-corrected chi connectivity index (χ4v) is 7.87. The summed E-state index contributed by atoms with van der Waals surface area (Å²) in [6.45, 7) is 19.6. The van der Waals surface area contributed by atoms with Crippen molar-refractivity contribution >= 4 is 29.2 Å². The molecule has 4 rings (SSSR count). The second-order valence-electron chi connectivity index (χ2n) is 12.7. The predicted molar refractivity (Wildman–Crippen MR) is 172 cm³/mol. The summed E-state index contributed by atoms with van der Waals surface area (Å²) >= 11 is 0. The highest BCUT2D eigenvalue weighted by atomic mass is 16.6. The molecule has 3 aliphatic rings. The molecule has 242 valence electrons. The molecule has 3 aliphatic heterocycles. The van der Waals surface area contributed by atoms with E-state index in [2.05, 4.69) is 31.9 Å². The molecule has 1 aromatic rings. The number of esters is 1. The number of nitrogens with zero attached hydrogens (tertiary/aromatic N) is 3. The Hall–Kier alpha value is -3.17. The summed E-state index contributed by atoms with van der Waals surface area (Å²) in [5, 5.41) is 10.6. The van der Waals surface area contributed by atoms with Gasteiger partial charge in [0, 0.05) is 31.0 Å². The minimum absolute atomic E-state index is 0.157. The maximum absolute atomic E-state index is 14.9. The lowest BCUT2D eigenvalue weighted by Crippen LogP contribution is -2.59. The summed E-state index contributed by atoms with van der Waals surface area (Å²) in [6.07, 6.45) is 5.87. The van der Waals surface area contributed by atoms with E-state index in [0.29, 0.717) is 37.8 Å². The fraction of sp³-hybridized carbons (Fsp3) is 0.629. The number of fused-ring (bicyclic) bond motifs is 1. The molecule has 6 atom stereocenters. The van der Waals surface area contributed by atoms with Crippen LogP contribution in [-0.4, -0.2) is 83.9 Å². The minimum atomic E-state index is -1.21. The van der Waals surface area contributed by atoms with Gasteiger partial charge in [-0.1, -0.05) is 32.9 Å². The summed E-state index contributed by atoms with van der Waals surface area (Å²) in [6, 6.07) is 6.21. The van der Waals surface area contributed by atoms with Gasteiger partial charge in [0.25, 0.3) is 5.91 Å². The predicted octanol–water partition coefficient (Wildman–Crippen LogP) is 4.73. The number of hydrogen-bond donors (Lipinski definition) is 1. The number of anilines is 2. The van der Waals surface area contributed by atoms with Crippen LogP contribution in [0.25, 0.3) is 0 Å². The molecule has 3 saturated heterocycles. The molecule has 3 heterocycles. The number of carbonyl (C=O) groups is 3. The van der Waals surface area contributed by atoms with Crippen molar-refractivity contribution in [1.29, 1.82) is 0 Å². The minimum Gasteiger partial charge on any atom is -0.465 e. The number of rotatable bonds is 16. The first-order valence-corrected chi connectivity index (χ1v) is 16.3. The van der Waals surface area contributed by atoms with Crippen LogP contribution in [0.4, 0.5) is 11.4 Å². The number of carbonyl (C=O) groups excluding carboxylic acids is 3. The maximum atomic E-state index is 14.9. The van der Waals surface area contributed by atoms with Crippen LogP contribution in [0.15, 0.2) is 49.6 Å². The number of aliphatic hydroxyl groups is 1. The first-order chi connectivity index (χ1) is 21.1. The van der Waals surface area contributed by atoms with E-state index in [-0.39, 0.29) is 37.5 Å². The molecule has 1 aromatic carbocycles. The smallest absolute Gasteiger partial charge is 0.312 e. The van der Waals surface area contributed by atoms with E-state index in [1.807, 2.05) is 45.0 Å². The van der Waals surface area contributed by atoms with E-state index >= 15 is 0 Å². The third-order valence-electron chi connectivity index (χ3n) is 9.89. The SMILES string of the molecule is C=CCCOC(=O)[C@@H]1[C@H]2C(=O)N([C@@H](CO)CC(C)C)C(C(=O)N(CC=C)c3ccc(N(CC)CC)cc3)C23CC[C@@]1(CC)O3. The largest absolute Gasteiger partial charge is 0.465 e. The molecular formula is C35H51N3O6. The summed E-state index contributed by atoms with van der Waals surface area (Å²) < 4.78 is 12.6. The van der Waals surface area contributed by atoms with Gasteiger partial charge in [0.2, 0.25) is 5.91 Å². The van der Waals surface area contributed by atoms with Gasteiger partial charge in [-0.25, -0.2) is 0 Å². The second-order valence-corrected chi connectivity index (χ2v) is 12.7. The van der Waals surface area contributed by atoms with Crippen LogP contribution in [0, 0.1) is 17.8 Å². The number of benzene rings is 1. The highest BCUT2D eigenvalue weighted by Gasteiger charge is 2.79. The topological polar surface area (TPSA) is 99.6 Å². The summed E-state index contributed by atoms with van der Waals surface area (Å²) in [4.78, 5) is 48.6. The van der Waals surface area contributed by atoms with Crippen molar-refractivity contribution in [2.75, 3.05) is 42.6 Å². The average Bonchev–Trinajstić information content (AvgIpc) is 3.63. The summed E-state index contributed by atoms with van der Waals surface area (Å²) in [7, 11) is 0. The van der Waals surface area contributed by atoms with Gasteiger partial charge in [0.05, 0.1) is 30.8 Å². The van der Waals surface area contributed by atoms with E-state index < -0.39 is 41.1 Å². The summed E-state index contributed by atoms with van der Waals surface area (Å²) in [5.41, 5.74) is -0.367. The highest BCUT2D eigenvalue weighted by molar-refractivity contribution is 6.05. The van der Waals surface area contributed by atoms with Crippen LogP contribution in [0.5, 0.6) is 0 Å². The van der Waals surface area contributed by atoms with Crippen molar-refractivity contribution in [3.8, 4) is 0 Å². The Morgan fingerprint density at radius 3 is 2.32 bits per heavy atom. The molecule has 0 aliphatic carbocycles. The van der Waals surface area contributed by atoms with E-state index in [0.717, 1.165) is 18.8 Å². The Balaban J connectivity index is 1.81. The normalized spacial score (nSPS) is 27.8. The van der Waals surface area contributed by atoms with Crippen LogP contribution in [0.1, 0.15) is 66.7 Å². The van der Waals surface area contributed by atoms with E-state index in [1.54, 1.807) is 22.0 Å². The summed E-state index contributed by atoms with van der Waals surface area (Å²) in [5.74, 6) is -2.65. The number of amides is 2. The lowest BCUT2D eigenvalue weighted by Gasteiger charge is -2.40. The zero-order valence-electron chi connectivity index (χ0n) is 27.2. The Bertz CT molecular complexity index is 1210. The van der Waals surface area contributed by atoms with Crippen LogP contribution in [0.2, 0.25) is 0 Å². The van der Waals surface area contributed by atoms with Crippen molar-refractivity contribution in [2.24, 2.45) is 17.8 Å². The average molecular weight is 610 g/mol. The van der Waals surface area contributed by atoms with Gasteiger partial charge < -0.3 is 29.3 Å². The number of aliphatic hydroxyl groups excluding tert-OH is 1. The number of hydrogen-bond acceptors (Lipinski definition) is 7. The molecule has 0 radical (unpaired) electrons. The van der Waals surface area contributed by atoms with Crippen molar-refractivity contribution in [2.45, 2.75) is 90.0 Å². The van der Waals surface area contributed by atoms with Crippen LogP contribution >= 0.6 is 0 Å². The van der Waals surface area contributed by atoms with Crippen LogP contribution in [0.3, 0.4) is 0 Å². The van der Waals surface area contributed by atoms with Gasteiger partial charge in [0.15, 0.2) is 0 Å². The zero-order chi connectivity index (χ0) is 32.2. The van der Waals surface area contributed by atoms with Crippen molar-refractivity contribution in [3.05, 3.63) is 49.6 Å². The zero-order valence-corrected chi connectivity index (χ0v) is 27.2. The molecule has 9 nitrogen and oxygen atoms in total. The van der Waals surface area contributed by atoms with Crippen molar-refractivity contribution < 1.29 is 29.0 Å². The Kier molecular flexibility index (Phi) is 10.6. The Morgan fingerprint density at radius 2 is 1.77 bits per heavy atom. The first kappa shape index (κ1) is 33.7. The highest BCUT2D eigenvalue weighted by Crippen LogP contribution is 2.65. The fourth-order valence-electron chi connectivity index (χ4n) is 7.87. The van der Waals surface area contributed by atoms with E-state index in [9.17, 15) is 19.5 Å². The first-order valence-electron chi connectivity index (χ1n) is 16.3. The number of ether oxygens (including phenoxy) is 2. The van der Waals surface area contributed by atoms with Gasteiger partial charge in [-0.15, -0.1) is 13.2 Å². The standard InChI is InChI=1S/C35H51N3O6/c1-8-13-21-43-33(42)29-28-31(40)38(27(23-39)22-24(6)7)30(35(28)19-18-34(29,10-3)44-35)32(41)37(20-9-2)26-16-14-25(15-17-26)36(11-4)12-5/h8-9,14-17,24,27-30,39H,1-2,10-13,18-23H2,3-7H3/t27-,28+,29+,30?,34-,35?/m1/s1. The maximum Gasteiger partial charge on any atom is 0.312 e. The molecular weight excluding hydrogens is 558 g/mol. The van der Waals surface area contributed by atoms with Gasteiger partial charge in [-0.3, -0.25) is 14.4 Å². The molecule has 1 N–H and O–H groups in total.